The maximum absolute atomic E-state index is 13.3. The number of nitrogens with zero attached hydrogens (tertiary/aromatic N) is 2. The number of aliphatic hydroxyl groups is 1. The number of rotatable bonds is 8. The predicted molar refractivity (Wildman–Crippen MR) is 135 cm³/mol. The van der Waals surface area contributed by atoms with Crippen LogP contribution in [0, 0.1) is 0 Å². The molecule has 2 heterocycles. The van der Waals surface area contributed by atoms with Gasteiger partial charge in [-0.25, -0.2) is 0 Å². The second kappa shape index (κ2) is 10.5. The molecule has 1 saturated heterocycles. The average Bonchev–Trinajstić information content (AvgIpc) is 3.34. The fourth-order valence-electron chi connectivity index (χ4n) is 4.89. The van der Waals surface area contributed by atoms with Crippen molar-refractivity contribution in [2.24, 2.45) is 0 Å². The van der Waals surface area contributed by atoms with E-state index >= 15 is 0 Å². The van der Waals surface area contributed by atoms with Gasteiger partial charge < -0.3 is 24.4 Å². The van der Waals surface area contributed by atoms with Gasteiger partial charge in [0.1, 0.15) is 23.4 Å². The largest absolute Gasteiger partial charge is 0.507 e. The second-order valence-electron chi connectivity index (χ2n) is 9.14. The SMILES string of the molecule is CCN(CC)CCN1C(=O)C(=O)/C(=C(\O)c2ccc3c(c2)CC(C)O3)C1c1cccc(OC(C)=O)c1. The summed E-state index contributed by atoms with van der Waals surface area (Å²) in [4.78, 5) is 41.7. The van der Waals surface area contributed by atoms with Gasteiger partial charge in [-0.1, -0.05) is 26.0 Å². The first-order valence-corrected chi connectivity index (χ1v) is 12.3. The zero-order valence-corrected chi connectivity index (χ0v) is 21.1. The number of ketones is 1. The number of ether oxygens (including phenoxy) is 2. The summed E-state index contributed by atoms with van der Waals surface area (Å²) in [6.07, 6.45) is 0.731. The summed E-state index contributed by atoms with van der Waals surface area (Å²) in [5.74, 6) is -1.05. The maximum atomic E-state index is 13.3. The van der Waals surface area contributed by atoms with Gasteiger partial charge in [-0.15, -0.1) is 0 Å². The maximum Gasteiger partial charge on any atom is 0.308 e. The normalized spacial score (nSPS) is 20.5. The van der Waals surface area contributed by atoms with Crippen molar-refractivity contribution in [3.8, 4) is 11.5 Å². The van der Waals surface area contributed by atoms with Crippen LogP contribution in [-0.2, 0) is 20.8 Å². The molecule has 0 bridgehead atoms. The molecule has 1 amide bonds. The fraction of sp³-hybridized carbons (Fsp3) is 0.393. The number of likely N-dealkylation sites (tertiary alicyclic amines) is 1. The topological polar surface area (TPSA) is 96.4 Å². The molecule has 2 aliphatic rings. The number of carbonyl (C=O) groups excluding carboxylic acids is 3. The lowest BCUT2D eigenvalue weighted by Crippen LogP contribution is -2.38. The van der Waals surface area contributed by atoms with Gasteiger partial charge in [0, 0.05) is 32.0 Å². The molecule has 2 aromatic carbocycles. The summed E-state index contributed by atoms with van der Waals surface area (Å²) >= 11 is 0. The number of esters is 1. The van der Waals surface area contributed by atoms with Crippen molar-refractivity contribution >= 4 is 23.4 Å². The van der Waals surface area contributed by atoms with Crippen LogP contribution in [0.3, 0.4) is 0 Å². The molecule has 2 unspecified atom stereocenters. The van der Waals surface area contributed by atoms with E-state index in [9.17, 15) is 19.5 Å². The predicted octanol–water partition coefficient (Wildman–Crippen LogP) is 3.70. The molecule has 36 heavy (non-hydrogen) atoms. The summed E-state index contributed by atoms with van der Waals surface area (Å²) in [6, 6.07) is 11.2. The Morgan fingerprint density at radius 3 is 2.61 bits per heavy atom. The zero-order valence-electron chi connectivity index (χ0n) is 21.1. The van der Waals surface area contributed by atoms with Gasteiger partial charge >= 0.3 is 5.97 Å². The molecule has 4 rings (SSSR count). The quantitative estimate of drug-likeness (QED) is 0.197. The molecule has 2 aromatic rings. The Kier molecular flexibility index (Phi) is 7.45. The van der Waals surface area contributed by atoms with Crippen LogP contribution < -0.4 is 9.47 Å². The molecule has 190 valence electrons. The molecule has 0 spiro atoms. The van der Waals surface area contributed by atoms with E-state index in [0.717, 1.165) is 24.4 Å². The third kappa shape index (κ3) is 4.99. The van der Waals surface area contributed by atoms with Gasteiger partial charge in [0.05, 0.1) is 11.6 Å². The Morgan fingerprint density at radius 1 is 1.17 bits per heavy atom. The minimum Gasteiger partial charge on any atom is -0.507 e. The third-order valence-electron chi connectivity index (χ3n) is 6.70. The monoisotopic (exact) mass is 492 g/mol. The highest BCUT2D eigenvalue weighted by molar-refractivity contribution is 6.46. The molecule has 2 atom stereocenters. The number of benzene rings is 2. The summed E-state index contributed by atoms with van der Waals surface area (Å²) in [7, 11) is 0. The Hall–Kier alpha value is -3.65. The van der Waals surface area contributed by atoms with Crippen LogP contribution in [0.15, 0.2) is 48.0 Å². The molecule has 8 heteroatoms. The molecular formula is C28H32N2O6. The molecule has 0 radical (unpaired) electrons. The fourth-order valence-corrected chi connectivity index (χ4v) is 4.89. The van der Waals surface area contributed by atoms with Gasteiger partial charge in [-0.05, 0) is 61.5 Å². The standard InChI is InChI=1S/C28H32N2O6/c1-5-29(6-2)12-13-30-25(19-8-7-9-22(16-19)36-18(4)31)24(27(33)28(30)34)26(32)20-10-11-23-21(15-20)14-17(3)35-23/h7-11,15-17,25,32H,5-6,12-14H2,1-4H3/b26-24-. The Balaban J connectivity index is 1.80. The molecule has 0 aliphatic carbocycles. The van der Waals surface area contributed by atoms with Crippen molar-refractivity contribution in [1.29, 1.82) is 0 Å². The molecule has 2 aliphatic heterocycles. The van der Waals surface area contributed by atoms with Crippen molar-refractivity contribution in [3.05, 3.63) is 64.7 Å². The van der Waals surface area contributed by atoms with Gasteiger partial charge in [0.25, 0.3) is 11.7 Å². The molecule has 0 aromatic heterocycles. The summed E-state index contributed by atoms with van der Waals surface area (Å²) in [6.45, 7) is 9.85. The van der Waals surface area contributed by atoms with Crippen LogP contribution in [-0.4, -0.2) is 64.8 Å². The van der Waals surface area contributed by atoms with Gasteiger partial charge in [0.2, 0.25) is 0 Å². The van der Waals surface area contributed by atoms with Gasteiger partial charge in [-0.3, -0.25) is 14.4 Å². The van der Waals surface area contributed by atoms with E-state index in [1.165, 1.54) is 11.8 Å². The first-order chi connectivity index (χ1) is 17.2. The summed E-state index contributed by atoms with van der Waals surface area (Å²) in [5.41, 5.74) is 1.99. The van der Waals surface area contributed by atoms with Gasteiger partial charge in [0.15, 0.2) is 0 Å². The minimum atomic E-state index is -0.820. The number of hydrogen-bond donors (Lipinski definition) is 1. The Morgan fingerprint density at radius 2 is 1.92 bits per heavy atom. The number of fused-ring (bicyclic) bond motifs is 1. The molecule has 1 fully saturated rings. The van der Waals surface area contributed by atoms with Crippen molar-refractivity contribution in [2.75, 3.05) is 26.2 Å². The summed E-state index contributed by atoms with van der Waals surface area (Å²) < 4.78 is 11.0. The van der Waals surface area contributed by atoms with Crippen LogP contribution in [0.25, 0.3) is 5.76 Å². The molecule has 0 saturated carbocycles. The van der Waals surface area contributed by atoms with Crippen LogP contribution in [0.1, 0.15) is 50.4 Å². The Bertz CT molecular complexity index is 1220. The smallest absolute Gasteiger partial charge is 0.308 e. The average molecular weight is 493 g/mol. The lowest BCUT2D eigenvalue weighted by atomic mass is 9.94. The van der Waals surface area contributed by atoms with Gasteiger partial charge in [-0.2, -0.15) is 0 Å². The van der Waals surface area contributed by atoms with Crippen molar-refractivity contribution in [2.45, 2.75) is 46.3 Å². The van der Waals surface area contributed by atoms with E-state index in [-0.39, 0.29) is 17.4 Å². The van der Waals surface area contributed by atoms with E-state index in [2.05, 4.69) is 4.90 Å². The highest BCUT2D eigenvalue weighted by atomic mass is 16.5. The summed E-state index contributed by atoms with van der Waals surface area (Å²) in [5, 5.41) is 11.4. The highest BCUT2D eigenvalue weighted by Gasteiger charge is 2.46. The van der Waals surface area contributed by atoms with E-state index in [0.29, 0.717) is 36.4 Å². The minimum absolute atomic E-state index is 0.0198. The Labute approximate surface area is 211 Å². The number of aliphatic hydroxyl groups excluding tert-OH is 1. The number of carbonyl (C=O) groups is 3. The highest BCUT2D eigenvalue weighted by Crippen LogP contribution is 2.41. The first kappa shape index (κ1) is 25.4. The number of hydrogen-bond acceptors (Lipinski definition) is 7. The van der Waals surface area contributed by atoms with Crippen LogP contribution in [0.4, 0.5) is 0 Å². The number of amides is 1. The zero-order chi connectivity index (χ0) is 26.0. The molecule has 1 N–H and O–H groups in total. The number of Topliss-reactive ketones (excluding diaryl/α,β-unsaturated/α-hetero) is 1. The van der Waals surface area contributed by atoms with Crippen LogP contribution in [0.5, 0.6) is 11.5 Å². The van der Waals surface area contributed by atoms with E-state index in [1.807, 2.05) is 26.8 Å². The van der Waals surface area contributed by atoms with Crippen molar-refractivity contribution in [3.63, 3.8) is 0 Å². The lowest BCUT2D eigenvalue weighted by Gasteiger charge is -2.28. The van der Waals surface area contributed by atoms with Crippen molar-refractivity contribution < 1.29 is 29.0 Å². The van der Waals surface area contributed by atoms with E-state index in [4.69, 9.17) is 9.47 Å². The first-order valence-electron chi connectivity index (χ1n) is 12.3. The van der Waals surface area contributed by atoms with Crippen LogP contribution in [0.2, 0.25) is 0 Å². The van der Waals surface area contributed by atoms with E-state index in [1.54, 1.807) is 36.4 Å². The third-order valence-corrected chi connectivity index (χ3v) is 6.70. The number of likely N-dealkylation sites (N-methyl/N-ethyl adjacent to an activating group) is 1. The molecule has 8 nitrogen and oxygen atoms in total. The van der Waals surface area contributed by atoms with E-state index < -0.39 is 23.7 Å². The van der Waals surface area contributed by atoms with Crippen molar-refractivity contribution in [1.82, 2.24) is 9.80 Å². The lowest BCUT2D eigenvalue weighted by molar-refractivity contribution is -0.140. The second-order valence-corrected chi connectivity index (χ2v) is 9.14. The van der Waals surface area contributed by atoms with Crippen LogP contribution >= 0.6 is 0 Å². The molecular weight excluding hydrogens is 460 g/mol.